The summed E-state index contributed by atoms with van der Waals surface area (Å²) in [5.41, 5.74) is 1.30. The van der Waals surface area contributed by atoms with Gasteiger partial charge in [-0.1, -0.05) is 24.3 Å². The first-order valence-corrected chi connectivity index (χ1v) is 10.3. The molecule has 0 aliphatic rings. The quantitative estimate of drug-likeness (QED) is 0.679. The van der Waals surface area contributed by atoms with Gasteiger partial charge in [-0.25, -0.2) is 13.2 Å². The number of sulfone groups is 1. The van der Waals surface area contributed by atoms with Crippen LogP contribution in [0.4, 0.5) is 5.69 Å². The molecular formula is C19H21NO6S. The number of benzene rings is 2. The SMILES string of the molecule is CS(=O)(=O)CCOc1cccc(NC(=O)CCc2ccccc2C(=O)O)c1. The third-order valence-corrected chi connectivity index (χ3v) is 4.62. The highest BCUT2D eigenvalue weighted by molar-refractivity contribution is 7.90. The Hall–Kier alpha value is -2.87. The number of hydrogen-bond donors (Lipinski definition) is 2. The van der Waals surface area contributed by atoms with Gasteiger partial charge in [0.25, 0.3) is 0 Å². The fraction of sp³-hybridized carbons (Fsp3) is 0.263. The van der Waals surface area contributed by atoms with E-state index in [-0.39, 0.29) is 30.3 Å². The molecule has 2 rings (SSSR count). The topological polar surface area (TPSA) is 110 Å². The van der Waals surface area contributed by atoms with Gasteiger partial charge in [0.05, 0.1) is 11.3 Å². The Kier molecular flexibility index (Phi) is 6.95. The Labute approximate surface area is 157 Å². The number of aromatic carboxylic acids is 1. The molecule has 2 aromatic rings. The number of anilines is 1. The van der Waals surface area contributed by atoms with Crippen LogP contribution in [0.1, 0.15) is 22.3 Å². The minimum atomic E-state index is -3.10. The second kappa shape index (κ2) is 9.18. The molecule has 0 saturated heterocycles. The molecule has 0 aliphatic heterocycles. The highest BCUT2D eigenvalue weighted by Crippen LogP contribution is 2.18. The van der Waals surface area contributed by atoms with Crippen LogP contribution < -0.4 is 10.1 Å². The van der Waals surface area contributed by atoms with E-state index in [2.05, 4.69) is 5.32 Å². The van der Waals surface area contributed by atoms with Gasteiger partial charge in [-0.05, 0) is 30.2 Å². The molecule has 0 saturated carbocycles. The van der Waals surface area contributed by atoms with Gasteiger partial charge in [-0.15, -0.1) is 0 Å². The zero-order chi connectivity index (χ0) is 19.9. The van der Waals surface area contributed by atoms with Crippen LogP contribution in [-0.4, -0.2) is 44.0 Å². The van der Waals surface area contributed by atoms with Crippen LogP contribution in [0.5, 0.6) is 5.75 Å². The van der Waals surface area contributed by atoms with Gasteiger partial charge in [0, 0.05) is 24.4 Å². The van der Waals surface area contributed by atoms with E-state index in [1.807, 2.05) is 0 Å². The van der Waals surface area contributed by atoms with Crippen molar-refractivity contribution in [3.63, 3.8) is 0 Å². The number of carboxylic acids is 1. The van der Waals surface area contributed by atoms with E-state index in [1.54, 1.807) is 42.5 Å². The highest BCUT2D eigenvalue weighted by atomic mass is 32.2. The summed E-state index contributed by atoms with van der Waals surface area (Å²) in [7, 11) is -3.10. The third kappa shape index (κ3) is 7.10. The number of nitrogens with one attached hydrogen (secondary N) is 1. The second-order valence-corrected chi connectivity index (χ2v) is 8.28. The van der Waals surface area contributed by atoms with Gasteiger partial charge < -0.3 is 15.2 Å². The molecule has 0 radical (unpaired) electrons. The summed E-state index contributed by atoms with van der Waals surface area (Å²) in [6.07, 6.45) is 1.57. The van der Waals surface area contributed by atoms with Crippen molar-refractivity contribution in [3.8, 4) is 5.75 Å². The van der Waals surface area contributed by atoms with Crippen molar-refractivity contribution in [1.82, 2.24) is 0 Å². The van der Waals surface area contributed by atoms with E-state index >= 15 is 0 Å². The molecule has 0 bridgehead atoms. The molecule has 0 heterocycles. The minimum Gasteiger partial charge on any atom is -0.492 e. The second-order valence-electron chi connectivity index (χ2n) is 6.02. The Morgan fingerprint density at radius 2 is 1.85 bits per heavy atom. The monoisotopic (exact) mass is 391 g/mol. The number of hydrogen-bond acceptors (Lipinski definition) is 5. The first-order chi connectivity index (χ1) is 12.7. The Bertz CT molecular complexity index is 923. The maximum atomic E-state index is 12.1. The van der Waals surface area contributed by atoms with Gasteiger partial charge in [-0.2, -0.15) is 0 Å². The first kappa shape index (κ1) is 20.4. The maximum absolute atomic E-state index is 12.1. The molecule has 0 atom stereocenters. The van der Waals surface area contributed by atoms with Crippen LogP contribution in [0.3, 0.4) is 0 Å². The first-order valence-electron chi connectivity index (χ1n) is 8.26. The molecule has 1 amide bonds. The van der Waals surface area contributed by atoms with Crippen molar-refractivity contribution in [3.05, 3.63) is 59.7 Å². The summed E-state index contributed by atoms with van der Waals surface area (Å²) in [5.74, 6) is -0.923. The lowest BCUT2D eigenvalue weighted by atomic mass is 10.0. The van der Waals surface area contributed by atoms with Crippen molar-refractivity contribution < 1.29 is 27.9 Å². The summed E-state index contributed by atoms with van der Waals surface area (Å²) >= 11 is 0. The molecule has 2 aromatic carbocycles. The summed E-state index contributed by atoms with van der Waals surface area (Å²) < 4.78 is 27.6. The molecule has 0 aliphatic carbocycles. The van der Waals surface area contributed by atoms with Crippen molar-refractivity contribution in [1.29, 1.82) is 0 Å². The molecule has 27 heavy (non-hydrogen) atoms. The number of rotatable bonds is 9. The van der Waals surface area contributed by atoms with E-state index < -0.39 is 15.8 Å². The average molecular weight is 391 g/mol. The van der Waals surface area contributed by atoms with Crippen LogP contribution in [0.25, 0.3) is 0 Å². The average Bonchev–Trinajstić information content (AvgIpc) is 2.59. The molecule has 0 spiro atoms. The van der Waals surface area contributed by atoms with Gasteiger partial charge in [0.1, 0.15) is 12.4 Å². The van der Waals surface area contributed by atoms with Crippen molar-refractivity contribution >= 4 is 27.4 Å². The number of carboxylic acid groups (broad SMARTS) is 1. The van der Waals surface area contributed by atoms with Gasteiger partial charge in [0.2, 0.25) is 5.91 Å². The van der Waals surface area contributed by atoms with Crippen molar-refractivity contribution in [2.75, 3.05) is 23.9 Å². The molecule has 2 N–H and O–H groups in total. The fourth-order valence-electron chi connectivity index (χ4n) is 2.39. The van der Waals surface area contributed by atoms with Crippen LogP contribution in [-0.2, 0) is 21.1 Å². The van der Waals surface area contributed by atoms with Crippen LogP contribution in [0, 0.1) is 0 Å². The maximum Gasteiger partial charge on any atom is 0.335 e. The Balaban J connectivity index is 1.91. The van der Waals surface area contributed by atoms with Gasteiger partial charge >= 0.3 is 5.97 Å². The predicted octanol–water partition coefficient (Wildman–Crippen LogP) is 2.38. The predicted molar refractivity (Wildman–Crippen MR) is 102 cm³/mol. The van der Waals surface area contributed by atoms with Crippen LogP contribution in [0.15, 0.2) is 48.5 Å². The number of carbonyl (C=O) groups is 2. The number of amides is 1. The van der Waals surface area contributed by atoms with Crippen LogP contribution in [0.2, 0.25) is 0 Å². The van der Waals surface area contributed by atoms with Crippen molar-refractivity contribution in [2.24, 2.45) is 0 Å². The lowest BCUT2D eigenvalue weighted by molar-refractivity contribution is -0.116. The Morgan fingerprint density at radius 1 is 1.11 bits per heavy atom. The third-order valence-electron chi connectivity index (χ3n) is 3.71. The molecule has 0 fully saturated rings. The normalized spacial score (nSPS) is 11.0. The fourth-order valence-corrected chi connectivity index (χ4v) is 2.78. The summed E-state index contributed by atoms with van der Waals surface area (Å²) in [5, 5.41) is 11.9. The number of aryl methyl sites for hydroxylation is 1. The molecule has 0 aromatic heterocycles. The van der Waals surface area contributed by atoms with E-state index in [0.29, 0.717) is 23.4 Å². The van der Waals surface area contributed by atoms with E-state index in [4.69, 9.17) is 9.84 Å². The lowest BCUT2D eigenvalue weighted by Gasteiger charge is -2.09. The largest absolute Gasteiger partial charge is 0.492 e. The summed E-state index contributed by atoms with van der Waals surface area (Å²) in [6, 6.07) is 13.2. The smallest absolute Gasteiger partial charge is 0.335 e. The Morgan fingerprint density at radius 3 is 2.56 bits per heavy atom. The lowest BCUT2D eigenvalue weighted by Crippen LogP contribution is -2.14. The van der Waals surface area contributed by atoms with E-state index in [0.717, 1.165) is 6.26 Å². The summed E-state index contributed by atoms with van der Waals surface area (Å²) in [4.78, 5) is 23.3. The minimum absolute atomic E-state index is 0.0300. The summed E-state index contributed by atoms with van der Waals surface area (Å²) in [6.45, 7) is 0.0300. The number of carbonyl (C=O) groups excluding carboxylic acids is 1. The molecule has 8 heteroatoms. The molecule has 144 valence electrons. The van der Waals surface area contributed by atoms with Gasteiger partial charge in [-0.3, -0.25) is 4.79 Å². The molecule has 7 nitrogen and oxygen atoms in total. The number of ether oxygens (including phenoxy) is 1. The van der Waals surface area contributed by atoms with Gasteiger partial charge in [0.15, 0.2) is 9.84 Å². The zero-order valence-corrected chi connectivity index (χ0v) is 15.7. The molecular weight excluding hydrogens is 370 g/mol. The highest BCUT2D eigenvalue weighted by Gasteiger charge is 2.11. The van der Waals surface area contributed by atoms with E-state index in [9.17, 15) is 18.0 Å². The van der Waals surface area contributed by atoms with E-state index in [1.165, 1.54) is 6.07 Å². The van der Waals surface area contributed by atoms with Crippen molar-refractivity contribution in [2.45, 2.75) is 12.8 Å². The standard InChI is InChI=1S/C19H21NO6S/c1-27(24,25)12-11-26-16-7-4-6-15(13-16)20-18(21)10-9-14-5-2-3-8-17(14)19(22)23/h2-8,13H,9-12H2,1H3,(H,20,21)(H,22,23). The zero-order valence-electron chi connectivity index (χ0n) is 14.8. The van der Waals surface area contributed by atoms with Crippen LogP contribution >= 0.6 is 0 Å². The molecule has 0 unspecified atom stereocenters.